The summed E-state index contributed by atoms with van der Waals surface area (Å²) in [4.78, 5) is 7.80. The molecule has 4 heteroatoms. The zero-order valence-electron chi connectivity index (χ0n) is 11.0. The van der Waals surface area contributed by atoms with Gasteiger partial charge in [0.05, 0.1) is 11.0 Å². The highest BCUT2D eigenvalue weighted by Crippen LogP contribution is 2.22. The van der Waals surface area contributed by atoms with Crippen LogP contribution in [0, 0.1) is 13.8 Å². The van der Waals surface area contributed by atoms with Crippen molar-refractivity contribution >= 4 is 28.4 Å². The second-order valence-electron chi connectivity index (χ2n) is 4.79. The highest BCUT2D eigenvalue weighted by molar-refractivity contribution is 5.80. The van der Waals surface area contributed by atoms with E-state index >= 15 is 0 Å². The van der Waals surface area contributed by atoms with Crippen LogP contribution in [0.2, 0.25) is 0 Å². The van der Waals surface area contributed by atoms with E-state index in [2.05, 4.69) is 41.3 Å². The molecule has 3 rings (SSSR count). The van der Waals surface area contributed by atoms with Gasteiger partial charge in [-0.3, -0.25) is 0 Å². The fourth-order valence-electron chi connectivity index (χ4n) is 2.08. The first-order chi connectivity index (χ1) is 9.11. The molecule has 0 unspecified atom stereocenters. The molecule has 96 valence electrons. The fourth-order valence-corrected chi connectivity index (χ4v) is 2.08. The molecule has 3 aromatic rings. The number of nitrogen functional groups attached to an aromatic ring is 1. The molecule has 1 aromatic heterocycles. The maximum absolute atomic E-state index is 5.76. The molecule has 0 amide bonds. The summed E-state index contributed by atoms with van der Waals surface area (Å²) in [6, 6.07) is 11.8. The summed E-state index contributed by atoms with van der Waals surface area (Å²) in [5, 5.41) is 3.23. The van der Waals surface area contributed by atoms with E-state index < -0.39 is 0 Å². The number of aromatic amines is 1. The Kier molecular flexibility index (Phi) is 2.63. The molecule has 0 aliphatic heterocycles. The first-order valence-corrected chi connectivity index (χ1v) is 6.21. The summed E-state index contributed by atoms with van der Waals surface area (Å²) in [6.07, 6.45) is 0. The van der Waals surface area contributed by atoms with Gasteiger partial charge in [0.2, 0.25) is 5.95 Å². The van der Waals surface area contributed by atoms with Gasteiger partial charge in [0.15, 0.2) is 0 Å². The third-order valence-electron chi connectivity index (χ3n) is 3.25. The van der Waals surface area contributed by atoms with E-state index in [1.807, 2.05) is 24.3 Å². The number of anilines is 3. The van der Waals surface area contributed by atoms with Crippen LogP contribution in [-0.4, -0.2) is 9.97 Å². The van der Waals surface area contributed by atoms with Crippen LogP contribution >= 0.6 is 0 Å². The first kappa shape index (κ1) is 11.6. The van der Waals surface area contributed by atoms with Gasteiger partial charge in [0.25, 0.3) is 0 Å². The van der Waals surface area contributed by atoms with Gasteiger partial charge in [-0.25, -0.2) is 4.98 Å². The number of hydrogen-bond acceptors (Lipinski definition) is 3. The molecule has 1 heterocycles. The van der Waals surface area contributed by atoms with Gasteiger partial charge in [0, 0.05) is 11.4 Å². The smallest absolute Gasteiger partial charge is 0.205 e. The monoisotopic (exact) mass is 252 g/mol. The second kappa shape index (κ2) is 4.31. The predicted octanol–water partition coefficient (Wildman–Crippen LogP) is 3.51. The Morgan fingerprint density at radius 1 is 1.11 bits per heavy atom. The number of imidazole rings is 1. The number of hydrogen-bond donors (Lipinski definition) is 3. The molecule has 0 saturated carbocycles. The lowest BCUT2D eigenvalue weighted by molar-refractivity contribution is 1.31. The van der Waals surface area contributed by atoms with E-state index in [1.165, 1.54) is 11.1 Å². The zero-order valence-corrected chi connectivity index (χ0v) is 11.0. The van der Waals surface area contributed by atoms with Crippen molar-refractivity contribution in [2.24, 2.45) is 0 Å². The summed E-state index contributed by atoms with van der Waals surface area (Å²) >= 11 is 0. The van der Waals surface area contributed by atoms with E-state index in [-0.39, 0.29) is 0 Å². The predicted molar refractivity (Wildman–Crippen MR) is 79.7 cm³/mol. The number of aryl methyl sites for hydroxylation is 2. The zero-order chi connectivity index (χ0) is 13.4. The standard InChI is InChI=1S/C15H16N4/c1-9-6-13-14(7-10(9)2)19-15(18-13)17-12-5-3-4-11(16)8-12/h3-8H,16H2,1-2H3,(H2,17,18,19). The van der Waals surface area contributed by atoms with Gasteiger partial charge >= 0.3 is 0 Å². The van der Waals surface area contributed by atoms with E-state index in [0.29, 0.717) is 0 Å². The highest BCUT2D eigenvalue weighted by atomic mass is 15.1. The lowest BCUT2D eigenvalue weighted by Gasteiger charge is -2.02. The quantitative estimate of drug-likeness (QED) is 0.611. The molecule has 0 bridgehead atoms. The Morgan fingerprint density at radius 3 is 2.68 bits per heavy atom. The normalized spacial score (nSPS) is 10.8. The van der Waals surface area contributed by atoms with Crippen molar-refractivity contribution in [3.63, 3.8) is 0 Å². The Balaban J connectivity index is 1.97. The number of nitrogens with two attached hydrogens (primary N) is 1. The van der Waals surface area contributed by atoms with Crippen LogP contribution in [0.3, 0.4) is 0 Å². The molecule has 19 heavy (non-hydrogen) atoms. The summed E-state index contributed by atoms with van der Waals surface area (Å²) in [7, 11) is 0. The van der Waals surface area contributed by atoms with Crippen LogP contribution in [0.5, 0.6) is 0 Å². The topological polar surface area (TPSA) is 66.7 Å². The van der Waals surface area contributed by atoms with Crippen molar-refractivity contribution in [3.05, 3.63) is 47.5 Å². The van der Waals surface area contributed by atoms with Crippen LogP contribution in [0.25, 0.3) is 11.0 Å². The van der Waals surface area contributed by atoms with Crippen molar-refractivity contribution in [3.8, 4) is 0 Å². The number of benzene rings is 2. The van der Waals surface area contributed by atoms with Crippen LogP contribution in [-0.2, 0) is 0 Å². The number of aromatic nitrogens is 2. The molecule has 0 aliphatic carbocycles. The molecule has 4 N–H and O–H groups in total. The molecule has 0 atom stereocenters. The van der Waals surface area contributed by atoms with Crippen LogP contribution in [0.4, 0.5) is 17.3 Å². The van der Waals surface area contributed by atoms with Gasteiger partial charge in [-0.2, -0.15) is 0 Å². The van der Waals surface area contributed by atoms with Crippen molar-refractivity contribution in [2.75, 3.05) is 11.1 Å². The van der Waals surface area contributed by atoms with Crippen molar-refractivity contribution < 1.29 is 0 Å². The highest BCUT2D eigenvalue weighted by Gasteiger charge is 2.05. The maximum atomic E-state index is 5.76. The molecule has 0 radical (unpaired) electrons. The van der Waals surface area contributed by atoms with Crippen molar-refractivity contribution in [1.82, 2.24) is 9.97 Å². The molecular formula is C15H16N4. The van der Waals surface area contributed by atoms with E-state index in [0.717, 1.165) is 28.4 Å². The number of nitrogens with zero attached hydrogens (tertiary/aromatic N) is 1. The average Bonchev–Trinajstić information content (AvgIpc) is 2.71. The SMILES string of the molecule is Cc1cc2nc(Nc3cccc(N)c3)[nH]c2cc1C. The van der Waals surface area contributed by atoms with Crippen LogP contribution in [0.15, 0.2) is 36.4 Å². The molecule has 2 aromatic carbocycles. The number of H-pyrrole nitrogens is 1. The Bertz CT molecular complexity index is 704. The molecule has 0 aliphatic rings. The van der Waals surface area contributed by atoms with Gasteiger partial charge in [-0.1, -0.05) is 6.07 Å². The number of nitrogens with one attached hydrogen (secondary N) is 2. The molecule has 0 fully saturated rings. The lowest BCUT2D eigenvalue weighted by Crippen LogP contribution is -1.93. The minimum absolute atomic E-state index is 0.727. The molecule has 4 nitrogen and oxygen atoms in total. The third kappa shape index (κ3) is 2.25. The Morgan fingerprint density at radius 2 is 1.89 bits per heavy atom. The minimum Gasteiger partial charge on any atom is -0.399 e. The fraction of sp³-hybridized carbons (Fsp3) is 0.133. The molecule has 0 spiro atoms. The molecular weight excluding hydrogens is 236 g/mol. The van der Waals surface area contributed by atoms with Crippen LogP contribution < -0.4 is 11.1 Å². The van der Waals surface area contributed by atoms with Crippen molar-refractivity contribution in [1.29, 1.82) is 0 Å². The van der Waals surface area contributed by atoms with Gasteiger partial charge in [0.1, 0.15) is 0 Å². The van der Waals surface area contributed by atoms with Gasteiger partial charge in [-0.15, -0.1) is 0 Å². The second-order valence-corrected chi connectivity index (χ2v) is 4.79. The summed E-state index contributed by atoms with van der Waals surface area (Å²) in [5.41, 5.74) is 11.9. The maximum Gasteiger partial charge on any atom is 0.205 e. The van der Waals surface area contributed by atoms with E-state index in [1.54, 1.807) is 0 Å². The summed E-state index contributed by atoms with van der Waals surface area (Å²) in [6.45, 7) is 4.19. The molecule has 0 saturated heterocycles. The average molecular weight is 252 g/mol. The van der Waals surface area contributed by atoms with Crippen molar-refractivity contribution in [2.45, 2.75) is 13.8 Å². The third-order valence-corrected chi connectivity index (χ3v) is 3.25. The van der Waals surface area contributed by atoms with Gasteiger partial charge < -0.3 is 16.0 Å². The Hall–Kier alpha value is -2.49. The van der Waals surface area contributed by atoms with E-state index in [4.69, 9.17) is 5.73 Å². The largest absolute Gasteiger partial charge is 0.399 e. The number of rotatable bonds is 2. The Labute approximate surface area is 111 Å². The van der Waals surface area contributed by atoms with Crippen LogP contribution in [0.1, 0.15) is 11.1 Å². The minimum atomic E-state index is 0.727. The van der Waals surface area contributed by atoms with E-state index in [9.17, 15) is 0 Å². The first-order valence-electron chi connectivity index (χ1n) is 6.21. The summed E-state index contributed by atoms with van der Waals surface area (Å²) in [5.74, 6) is 0.727. The van der Waals surface area contributed by atoms with Gasteiger partial charge in [-0.05, 0) is 55.3 Å². The number of fused-ring (bicyclic) bond motifs is 1. The lowest BCUT2D eigenvalue weighted by atomic mass is 10.1. The summed E-state index contributed by atoms with van der Waals surface area (Å²) < 4.78 is 0.